The SMILES string of the molecule is OCc1c(F)c(F)c(CCl)c(F)c1F. The Morgan fingerprint density at radius 2 is 1.21 bits per heavy atom. The van der Waals surface area contributed by atoms with Gasteiger partial charge in [0, 0.05) is 5.56 Å². The van der Waals surface area contributed by atoms with E-state index in [0.717, 1.165) is 0 Å². The van der Waals surface area contributed by atoms with Crippen LogP contribution in [0.4, 0.5) is 17.6 Å². The first-order chi connectivity index (χ1) is 6.54. The third kappa shape index (κ3) is 1.57. The van der Waals surface area contributed by atoms with E-state index in [1.54, 1.807) is 0 Å². The van der Waals surface area contributed by atoms with Crippen molar-refractivity contribution in [3.8, 4) is 0 Å². The van der Waals surface area contributed by atoms with Crippen LogP contribution >= 0.6 is 11.6 Å². The van der Waals surface area contributed by atoms with Crippen molar-refractivity contribution in [2.45, 2.75) is 12.5 Å². The van der Waals surface area contributed by atoms with Crippen molar-refractivity contribution in [3.63, 3.8) is 0 Å². The molecule has 0 aromatic heterocycles. The zero-order chi connectivity index (χ0) is 10.9. The Balaban J connectivity index is 3.55. The maximum atomic E-state index is 12.9. The van der Waals surface area contributed by atoms with Crippen LogP contribution in [0.1, 0.15) is 11.1 Å². The maximum Gasteiger partial charge on any atom is 0.167 e. The van der Waals surface area contributed by atoms with Crippen molar-refractivity contribution in [1.29, 1.82) is 0 Å². The van der Waals surface area contributed by atoms with Gasteiger partial charge in [0.1, 0.15) is 0 Å². The van der Waals surface area contributed by atoms with Crippen LogP contribution in [-0.2, 0) is 12.5 Å². The summed E-state index contributed by atoms with van der Waals surface area (Å²) in [6.45, 7) is -1.12. The number of alkyl halides is 1. The minimum atomic E-state index is -1.61. The van der Waals surface area contributed by atoms with Gasteiger partial charge in [0.25, 0.3) is 0 Å². The van der Waals surface area contributed by atoms with Gasteiger partial charge in [-0.3, -0.25) is 0 Å². The van der Waals surface area contributed by atoms with Crippen LogP contribution in [-0.4, -0.2) is 5.11 Å². The Morgan fingerprint density at radius 1 is 0.857 bits per heavy atom. The van der Waals surface area contributed by atoms with Gasteiger partial charge in [0.2, 0.25) is 0 Å². The first-order valence-corrected chi connectivity index (χ1v) is 4.08. The van der Waals surface area contributed by atoms with Crippen LogP contribution in [0.25, 0.3) is 0 Å². The number of halogens is 5. The van der Waals surface area contributed by atoms with Gasteiger partial charge in [-0.05, 0) is 0 Å². The van der Waals surface area contributed by atoms with E-state index >= 15 is 0 Å². The van der Waals surface area contributed by atoms with Gasteiger partial charge in [-0.2, -0.15) is 0 Å². The molecule has 78 valence electrons. The van der Waals surface area contributed by atoms with E-state index < -0.39 is 46.9 Å². The van der Waals surface area contributed by atoms with Crippen molar-refractivity contribution in [2.75, 3.05) is 0 Å². The molecule has 0 saturated heterocycles. The standard InChI is InChI=1S/C8H5ClF4O/c9-1-3-5(10)7(12)4(2-14)8(13)6(3)11/h14H,1-2H2. The van der Waals surface area contributed by atoms with Crippen molar-refractivity contribution in [1.82, 2.24) is 0 Å². The van der Waals surface area contributed by atoms with Crippen LogP contribution in [0.15, 0.2) is 0 Å². The lowest BCUT2D eigenvalue weighted by Crippen LogP contribution is -2.07. The molecule has 0 radical (unpaired) electrons. The zero-order valence-corrected chi connectivity index (χ0v) is 7.51. The maximum absolute atomic E-state index is 12.9. The predicted octanol–water partition coefficient (Wildman–Crippen LogP) is 2.47. The molecule has 1 nitrogen and oxygen atoms in total. The molecule has 0 saturated carbocycles. The fourth-order valence-electron chi connectivity index (χ4n) is 0.979. The summed E-state index contributed by atoms with van der Waals surface area (Å²) in [6.07, 6.45) is 0. The lowest BCUT2D eigenvalue weighted by Gasteiger charge is -2.07. The van der Waals surface area contributed by atoms with Gasteiger partial charge >= 0.3 is 0 Å². The second-order valence-corrected chi connectivity index (χ2v) is 2.77. The van der Waals surface area contributed by atoms with Crippen molar-refractivity contribution in [3.05, 3.63) is 34.4 Å². The number of benzene rings is 1. The number of aliphatic hydroxyl groups is 1. The molecule has 1 rings (SSSR count). The molecule has 0 spiro atoms. The predicted molar refractivity (Wildman–Crippen MR) is 41.8 cm³/mol. The molecule has 6 heteroatoms. The average Bonchev–Trinajstić information content (AvgIpc) is 2.17. The third-order valence-electron chi connectivity index (χ3n) is 1.74. The van der Waals surface area contributed by atoms with Crippen molar-refractivity contribution < 1.29 is 22.7 Å². The monoisotopic (exact) mass is 228 g/mol. The Bertz CT molecular complexity index is 303. The second-order valence-electron chi connectivity index (χ2n) is 2.50. The molecule has 0 aliphatic rings. The molecule has 0 fully saturated rings. The number of hydrogen-bond acceptors (Lipinski definition) is 1. The summed E-state index contributed by atoms with van der Waals surface area (Å²) in [5.41, 5.74) is -1.91. The van der Waals surface area contributed by atoms with E-state index in [9.17, 15) is 17.6 Å². The van der Waals surface area contributed by atoms with Gasteiger partial charge in [-0.25, -0.2) is 17.6 Å². The van der Waals surface area contributed by atoms with Crippen LogP contribution in [0, 0.1) is 23.3 Å². The minimum absolute atomic E-state index is 0.683. The van der Waals surface area contributed by atoms with E-state index in [0.29, 0.717) is 0 Å². The summed E-state index contributed by atoms with van der Waals surface area (Å²) >= 11 is 5.10. The first kappa shape index (κ1) is 11.3. The van der Waals surface area contributed by atoms with Crippen LogP contribution in [0.3, 0.4) is 0 Å². The Labute approximate surface area is 81.9 Å². The van der Waals surface area contributed by atoms with Crippen molar-refractivity contribution >= 4 is 11.6 Å². The summed E-state index contributed by atoms with van der Waals surface area (Å²) in [6, 6.07) is 0. The molecule has 0 aliphatic heterocycles. The van der Waals surface area contributed by atoms with Gasteiger partial charge in [0.05, 0.1) is 18.1 Å². The molecule has 0 heterocycles. The topological polar surface area (TPSA) is 20.2 Å². The molecular formula is C8H5ClF4O. The van der Waals surface area contributed by atoms with Gasteiger partial charge in [0.15, 0.2) is 23.3 Å². The molecule has 1 aromatic rings. The number of hydrogen-bond donors (Lipinski definition) is 1. The fourth-order valence-corrected chi connectivity index (χ4v) is 1.21. The Kier molecular flexibility index (Phi) is 3.34. The largest absolute Gasteiger partial charge is 0.391 e. The highest BCUT2D eigenvalue weighted by Crippen LogP contribution is 2.25. The highest BCUT2D eigenvalue weighted by Gasteiger charge is 2.23. The van der Waals surface area contributed by atoms with Crippen LogP contribution in [0.5, 0.6) is 0 Å². The highest BCUT2D eigenvalue weighted by atomic mass is 35.5. The van der Waals surface area contributed by atoms with Gasteiger partial charge in [-0.15, -0.1) is 11.6 Å². The average molecular weight is 229 g/mol. The summed E-state index contributed by atoms with van der Waals surface area (Å²) in [5, 5.41) is 8.47. The molecule has 0 atom stereocenters. The van der Waals surface area contributed by atoms with Crippen LogP contribution in [0.2, 0.25) is 0 Å². The van der Waals surface area contributed by atoms with Gasteiger partial charge in [-0.1, -0.05) is 0 Å². The molecule has 0 aliphatic carbocycles. The van der Waals surface area contributed by atoms with E-state index in [1.165, 1.54) is 0 Å². The molecule has 14 heavy (non-hydrogen) atoms. The fraction of sp³-hybridized carbons (Fsp3) is 0.250. The summed E-state index contributed by atoms with van der Waals surface area (Å²) < 4.78 is 51.6. The molecule has 1 N–H and O–H groups in total. The van der Waals surface area contributed by atoms with Crippen molar-refractivity contribution in [2.24, 2.45) is 0 Å². The minimum Gasteiger partial charge on any atom is -0.391 e. The first-order valence-electron chi connectivity index (χ1n) is 3.55. The Morgan fingerprint density at radius 3 is 1.50 bits per heavy atom. The molecule has 0 unspecified atom stereocenters. The number of aliphatic hydroxyl groups excluding tert-OH is 1. The third-order valence-corrected chi connectivity index (χ3v) is 2.00. The molecule has 0 amide bonds. The van der Waals surface area contributed by atoms with E-state index in [-0.39, 0.29) is 0 Å². The number of rotatable bonds is 2. The normalized spacial score (nSPS) is 10.7. The second kappa shape index (κ2) is 4.14. The summed E-state index contributed by atoms with van der Waals surface area (Å²) in [7, 11) is 0. The quantitative estimate of drug-likeness (QED) is 0.468. The molecular weight excluding hydrogens is 224 g/mol. The van der Waals surface area contributed by atoms with Gasteiger partial charge < -0.3 is 5.11 Å². The molecule has 0 bridgehead atoms. The van der Waals surface area contributed by atoms with E-state index in [2.05, 4.69) is 0 Å². The lowest BCUT2D eigenvalue weighted by molar-refractivity contribution is 0.262. The zero-order valence-electron chi connectivity index (χ0n) is 6.75. The van der Waals surface area contributed by atoms with E-state index in [4.69, 9.17) is 16.7 Å². The molecule has 1 aromatic carbocycles. The summed E-state index contributed by atoms with van der Waals surface area (Å²) in [4.78, 5) is 0. The highest BCUT2D eigenvalue weighted by molar-refractivity contribution is 6.17. The van der Waals surface area contributed by atoms with Crippen LogP contribution < -0.4 is 0 Å². The Hall–Kier alpha value is -0.810. The van der Waals surface area contributed by atoms with E-state index in [1.807, 2.05) is 0 Å². The lowest BCUT2D eigenvalue weighted by atomic mass is 10.1. The smallest absolute Gasteiger partial charge is 0.167 e. The summed E-state index contributed by atoms with van der Waals surface area (Å²) in [5.74, 6) is -7.04.